The van der Waals surface area contributed by atoms with E-state index in [0.29, 0.717) is 34.0 Å². The van der Waals surface area contributed by atoms with E-state index < -0.39 is 0 Å². The number of hydrogen-bond donors (Lipinski definition) is 2. The molecule has 2 heterocycles. The predicted octanol–water partition coefficient (Wildman–Crippen LogP) is 3.01. The van der Waals surface area contributed by atoms with E-state index >= 15 is 0 Å². The van der Waals surface area contributed by atoms with Crippen LogP contribution in [0.5, 0.6) is 11.5 Å². The van der Waals surface area contributed by atoms with Crippen molar-refractivity contribution >= 4 is 17.5 Å². The van der Waals surface area contributed by atoms with E-state index in [1.54, 1.807) is 42.7 Å². The molecule has 2 N–H and O–H groups in total. The van der Waals surface area contributed by atoms with Gasteiger partial charge in [-0.1, -0.05) is 11.6 Å². The Morgan fingerprint density at radius 3 is 2.75 bits per heavy atom. The summed E-state index contributed by atoms with van der Waals surface area (Å²) >= 11 is 6.05. The number of fused-ring (bicyclic) bond motifs is 2. The summed E-state index contributed by atoms with van der Waals surface area (Å²) in [5.41, 5.74) is 0.635. The highest BCUT2D eigenvalue weighted by Gasteiger charge is 2.40. The van der Waals surface area contributed by atoms with Crippen molar-refractivity contribution in [2.45, 2.75) is 24.9 Å². The summed E-state index contributed by atoms with van der Waals surface area (Å²) in [5.74, 6) is 1.64. The number of nitrogens with one attached hydrogen (secondary N) is 2. The van der Waals surface area contributed by atoms with Crippen molar-refractivity contribution in [3.05, 3.63) is 53.3 Å². The summed E-state index contributed by atoms with van der Waals surface area (Å²) < 4.78 is 5.68. The molecule has 6 heteroatoms. The largest absolute Gasteiger partial charge is 0.454 e. The number of aromatic nitrogens is 1. The normalized spacial score (nSPS) is 24.8. The zero-order chi connectivity index (χ0) is 16.5. The highest BCUT2D eigenvalue weighted by molar-refractivity contribution is 6.32. The number of ether oxygens (including phenoxy) is 1. The van der Waals surface area contributed by atoms with Crippen molar-refractivity contribution in [3.8, 4) is 11.5 Å². The van der Waals surface area contributed by atoms with Crippen molar-refractivity contribution < 1.29 is 9.53 Å². The number of nitrogens with zero attached hydrogens (tertiary/aromatic N) is 1. The van der Waals surface area contributed by atoms with Crippen LogP contribution in [0.1, 0.15) is 23.2 Å². The van der Waals surface area contributed by atoms with Gasteiger partial charge in [0.25, 0.3) is 5.91 Å². The molecule has 124 valence electrons. The third-order valence-electron chi connectivity index (χ3n) is 4.76. The molecule has 2 aliphatic rings. The summed E-state index contributed by atoms with van der Waals surface area (Å²) in [6.07, 6.45) is 5.36. The Balaban J connectivity index is 1.40. The van der Waals surface area contributed by atoms with E-state index in [1.807, 2.05) is 0 Å². The standard InChI is InChI=1S/C18H18ClN3O2/c19-15-5-6-20-10-17(15)24-14-3-1-11(2-4-14)18(23)22-16-8-13-7-12(16)9-21-13/h1-6,10,12-13,16,21H,7-9H2,(H,22,23). The van der Waals surface area contributed by atoms with Crippen LogP contribution in [0.25, 0.3) is 0 Å². The van der Waals surface area contributed by atoms with Gasteiger partial charge in [-0.15, -0.1) is 0 Å². The van der Waals surface area contributed by atoms with E-state index in [-0.39, 0.29) is 11.9 Å². The number of pyridine rings is 1. The number of carbonyl (C=O) groups is 1. The molecule has 2 bridgehead atoms. The molecule has 2 aromatic rings. The highest BCUT2D eigenvalue weighted by atomic mass is 35.5. The van der Waals surface area contributed by atoms with Gasteiger partial charge in [0.1, 0.15) is 5.75 Å². The highest BCUT2D eigenvalue weighted by Crippen LogP contribution is 2.31. The quantitative estimate of drug-likeness (QED) is 0.895. The lowest BCUT2D eigenvalue weighted by atomic mass is 10.0. The lowest BCUT2D eigenvalue weighted by molar-refractivity contribution is 0.0925. The SMILES string of the molecule is O=C(NC1CC2CC1CN2)c1ccc(Oc2cnccc2Cl)cc1. The Labute approximate surface area is 145 Å². The molecule has 3 unspecified atom stereocenters. The monoisotopic (exact) mass is 343 g/mol. The molecule has 1 amide bonds. The molecule has 3 atom stereocenters. The Morgan fingerprint density at radius 1 is 1.25 bits per heavy atom. The number of rotatable bonds is 4. The Kier molecular flexibility index (Phi) is 4.12. The Hall–Kier alpha value is -2.11. The molecule has 5 nitrogen and oxygen atoms in total. The Morgan fingerprint density at radius 2 is 2.08 bits per heavy atom. The van der Waals surface area contributed by atoms with Gasteiger partial charge >= 0.3 is 0 Å². The van der Waals surface area contributed by atoms with Gasteiger partial charge in [-0.25, -0.2) is 0 Å². The molecule has 24 heavy (non-hydrogen) atoms. The fourth-order valence-corrected chi connectivity index (χ4v) is 3.65. The first-order chi connectivity index (χ1) is 11.7. The van der Waals surface area contributed by atoms with Crippen molar-refractivity contribution in [2.24, 2.45) is 5.92 Å². The average molecular weight is 344 g/mol. The summed E-state index contributed by atoms with van der Waals surface area (Å²) in [4.78, 5) is 16.4. The van der Waals surface area contributed by atoms with Gasteiger partial charge < -0.3 is 15.4 Å². The van der Waals surface area contributed by atoms with Crippen LogP contribution < -0.4 is 15.4 Å². The van der Waals surface area contributed by atoms with Gasteiger partial charge in [0.2, 0.25) is 0 Å². The average Bonchev–Trinajstić information content (AvgIpc) is 3.20. The van der Waals surface area contributed by atoms with Crippen LogP contribution in [-0.2, 0) is 0 Å². The van der Waals surface area contributed by atoms with E-state index in [4.69, 9.17) is 16.3 Å². The van der Waals surface area contributed by atoms with Crippen molar-refractivity contribution in [1.82, 2.24) is 15.6 Å². The summed E-state index contributed by atoms with van der Waals surface area (Å²) in [6.45, 7) is 1.01. The number of carbonyl (C=O) groups excluding carboxylic acids is 1. The van der Waals surface area contributed by atoms with Gasteiger partial charge in [-0.2, -0.15) is 0 Å². The topological polar surface area (TPSA) is 63.2 Å². The first-order valence-corrected chi connectivity index (χ1v) is 8.48. The second-order valence-corrected chi connectivity index (χ2v) is 6.76. The molecule has 0 radical (unpaired) electrons. The van der Waals surface area contributed by atoms with E-state index in [9.17, 15) is 4.79 Å². The lowest BCUT2D eigenvalue weighted by Crippen LogP contribution is -2.44. The fraction of sp³-hybridized carbons (Fsp3) is 0.333. The number of benzene rings is 1. The second-order valence-electron chi connectivity index (χ2n) is 6.35. The zero-order valence-corrected chi connectivity index (χ0v) is 13.8. The van der Waals surface area contributed by atoms with Crippen LogP contribution in [0.4, 0.5) is 0 Å². The molecule has 1 aliphatic carbocycles. The molecule has 1 aliphatic heterocycles. The molecule has 1 saturated heterocycles. The molecule has 1 saturated carbocycles. The fourth-order valence-electron chi connectivity index (χ4n) is 3.50. The minimum Gasteiger partial charge on any atom is -0.454 e. The van der Waals surface area contributed by atoms with E-state index in [1.165, 1.54) is 6.42 Å². The predicted molar refractivity (Wildman–Crippen MR) is 91.5 cm³/mol. The first-order valence-electron chi connectivity index (χ1n) is 8.11. The van der Waals surface area contributed by atoms with Gasteiger partial charge in [0.05, 0.1) is 11.2 Å². The minimum absolute atomic E-state index is 0.0292. The molecule has 1 aromatic heterocycles. The maximum atomic E-state index is 12.4. The number of hydrogen-bond acceptors (Lipinski definition) is 4. The number of amides is 1. The number of piperidine rings is 1. The first kappa shape index (κ1) is 15.4. The zero-order valence-electron chi connectivity index (χ0n) is 13.0. The maximum absolute atomic E-state index is 12.4. The molecular weight excluding hydrogens is 326 g/mol. The van der Waals surface area contributed by atoms with Crippen LogP contribution >= 0.6 is 11.6 Å². The maximum Gasteiger partial charge on any atom is 0.251 e. The lowest BCUT2D eigenvalue weighted by Gasteiger charge is -2.23. The van der Waals surface area contributed by atoms with Crippen molar-refractivity contribution in [1.29, 1.82) is 0 Å². The van der Waals surface area contributed by atoms with Crippen LogP contribution in [0, 0.1) is 5.92 Å². The van der Waals surface area contributed by atoms with Gasteiger partial charge in [0, 0.05) is 30.4 Å². The van der Waals surface area contributed by atoms with Gasteiger partial charge in [-0.3, -0.25) is 9.78 Å². The third-order valence-corrected chi connectivity index (χ3v) is 5.07. The van der Waals surface area contributed by atoms with Crippen LogP contribution in [-0.4, -0.2) is 29.5 Å². The molecule has 0 spiro atoms. The second kappa shape index (κ2) is 6.42. The van der Waals surface area contributed by atoms with E-state index in [0.717, 1.165) is 13.0 Å². The molecule has 2 fully saturated rings. The van der Waals surface area contributed by atoms with Gasteiger partial charge in [0.15, 0.2) is 5.75 Å². The minimum atomic E-state index is -0.0292. The molecular formula is C18H18ClN3O2. The third kappa shape index (κ3) is 3.09. The number of halogens is 1. The summed E-state index contributed by atoms with van der Waals surface area (Å²) in [7, 11) is 0. The summed E-state index contributed by atoms with van der Waals surface area (Å²) in [6, 6.07) is 9.58. The van der Waals surface area contributed by atoms with Crippen molar-refractivity contribution in [2.75, 3.05) is 6.54 Å². The van der Waals surface area contributed by atoms with Crippen LogP contribution in [0.2, 0.25) is 5.02 Å². The smallest absolute Gasteiger partial charge is 0.251 e. The van der Waals surface area contributed by atoms with Crippen LogP contribution in [0.3, 0.4) is 0 Å². The molecule has 1 aromatic carbocycles. The van der Waals surface area contributed by atoms with Crippen molar-refractivity contribution in [3.63, 3.8) is 0 Å². The van der Waals surface area contributed by atoms with E-state index in [2.05, 4.69) is 15.6 Å². The van der Waals surface area contributed by atoms with Crippen LogP contribution in [0.15, 0.2) is 42.7 Å². The summed E-state index contributed by atoms with van der Waals surface area (Å²) in [5, 5.41) is 7.10. The van der Waals surface area contributed by atoms with Gasteiger partial charge in [-0.05, 0) is 49.1 Å². The Bertz CT molecular complexity index is 750. The molecule has 4 rings (SSSR count).